The summed E-state index contributed by atoms with van der Waals surface area (Å²) in [6.45, 7) is 0. The second-order valence-corrected chi connectivity index (χ2v) is 5.48. The molecule has 0 N–H and O–H groups in total. The van der Waals surface area contributed by atoms with Gasteiger partial charge >= 0.3 is 0 Å². The Balaban J connectivity index is 2.35. The molecule has 102 valence electrons. The predicted octanol–water partition coefficient (Wildman–Crippen LogP) is 5.02. The molecule has 0 spiro atoms. The summed E-state index contributed by atoms with van der Waals surface area (Å²) in [6.07, 6.45) is 0. The van der Waals surface area contributed by atoms with Gasteiger partial charge in [-0.2, -0.15) is 5.26 Å². The molecule has 0 saturated carbocycles. The number of nitrogens with zero attached hydrogens (tertiary/aromatic N) is 1. The molecule has 0 aromatic heterocycles. The van der Waals surface area contributed by atoms with Crippen molar-refractivity contribution in [2.75, 3.05) is 7.11 Å². The highest BCUT2D eigenvalue weighted by atomic mass is 79.9. The van der Waals surface area contributed by atoms with Crippen LogP contribution < -0.4 is 9.47 Å². The molecule has 2 rings (SSSR count). The van der Waals surface area contributed by atoms with E-state index in [1.165, 1.54) is 12.1 Å². The van der Waals surface area contributed by atoms with Crippen LogP contribution in [0.4, 0.5) is 4.39 Å². The third-order valence-electron chi connectivity index (χ3n) is 2.49. The summed E-state index contributed by atoms with van der Waals surface area (Å²) in [5, 5.41) is 8.70. The van der Waals surface area contributed by atoms with E-state index in [0.717, 1.165) is 6.07 Å². The van der Waals surface area contributed by atoms with Crippen LogP contribution in [0.15, 0.2) is 39.3 Å². The molecule has 0 unspecified atom stereocenters. The SMILES string of the molecule is COc1cc(Br)c(Oc2ccc(C#N)cc2F)cc1Br. The highest BCUT2D eigenvalue weighted by Crippen LogP contribution is 2.38. The van der Waals surface area contributed by atoms with Crippen LogP contribution in [-0.2, 0) is 0 Å². The lowest BCUT2D eigenvalue weighted by molar-refractivity contribution is 0.407. The second kappa shape index (κ2) is 6.25. The molecular weight excluding hydrogens is 393 g/mol. The van der Waals surface area contributed by atoms with Crippen molar-refractivity contribution in [3.05, 3.63) is 50.7 Å². The molecule has 6 heteroatoms. The van der Waals surface area contributed by atoms with Gasteiger partial charge in [0.1, 0.15) is 11.5 Å². The molecule has 0 bridgehead atoms. The Kier molecular flexibility index (Phi) is 4.63. The molecule has 0 radical (unpaired) electrons. The average molecular weight is 401 g/mol. The molecule has 0 fully saturated rings. The summed E-state index contributed by atoms with van der Waals surface area (Å²) >= 11 is 6.67. The van der Waals surface area contributed by atoms with Gasteiger partial charge in [-0.25, -0.2) is 4.39 Å². The largest absolute Gasteiger partial charge is 0.496 e. The Morgan fingerprint density at radius 2 is 1.70 bits per heavy atom. The van der Waals surface area contributed by atoms with Crippen LogP contribution >= 0.6 is 31.9 Å². The van der Waals surface area contributed by atoms with Crippen LogP contribution in [0.5, 0.6) is 17.2 Å². The lowest BCUT2D eigenvalue weighted by Gasteiger charge is -2.11. The monoisotopic (exact) mass is 399 g/mol. The van der Waals surface area contributed by atoms with E-state index in [4.69, 9.17) is 14.7 Å². The molecule has 0 amide bonds. The molecule has 0 aliphatic heterocycles. The van der Waals surface area contributed by atoms with Gasteiger partial charge in [0.05, 0.1) is 27.7 Å². The number of nitriles is 1. The minimum atomic E-state index is -0.595. The van der Waals surface area contributed by atoms with Gasteiger partial charge in [-0.15, -0.1) is 0 Å². The molecule has 0 atom stereocenters. The number of rotatable bonds is 3. The van der Waals surface area contributed by atoms with E-state index >= 15 is 0 Å². The van der Waals surface area contributed by atoms with Crippen molar-refractivity contribution in [3.63, 3.8) is 0 Å². The van der Waals surface area contributed by atoms with Crippen LogP contribution in [0.1, 0.15) is 5.56 Å². The Bertz CT molecular complexity index is 698. The van der Waals surface area contributed by atoms with E-state index in [9.17, 15) is 4.39 Å². The third kappa shape index (κ3) is 3.11. The molecule has 3 nitrogen and oxygen atoms in total. The Morgan fingerprint density at radius 3 is 2.30 bits per heavy atom. The van der Waals surface area contributed by atoms with Crippen LogP contribution in [0.2, 0.25) is 0 Å². The van der Waals surface area contributed by atoms with E-state index in [0.29, 0.717) is 20.4 Å². The van der Waals surface area contributed by atoms with Crippen molar-refractivity contribution < 1.29 is 13.9 Å². The van der Waals surface area contributed by atoms with Crippen molar-refractivity contribution in [1.82, 2.24) is 0 Å². The standard InChI is InChI=1S/C14H8Br2FNO2/c1-19-13-5-10(16)14(6-9(13)15)20-12-3-2-8(7-18)4-11(12)17/h2-6H,1H3. The zero-order valence-electron chi connectivity index (χ0n) is 10.3. The van der Waals surface area contributed by atoms with Crippen molar-refractivity contribution in [2.24, 2.45) is 0 Å². The van der Waals surface area contributed by atoms with E-state index in [1.807, 2.05) is 6.07 Å². The third-order valence-corrected chi connectivity index (χ3v) is 3.73. The van der Waals surface area contributed by atoms with Crippen LogP contribution in [0.3, 0.4) is 0 Å². The van der Waals surface area contributed by atoms with Crippen molar-refractivity contribution >= 4 is 31.9 Å². The van der Waals surface area contributed by atoms with Crippen molar-refractivity contribution in [3.8, 4) is 23.3 Å². The van der Waals surface area contributed by atoms with Gasteiger partial charge in [-0.05, 0) is 62.2 Å². The number of hydrogen-bond donors (Lipinski definition) is 0. The molecular formula is C14H8Br2FNO2. The zero-order chi connectivity index (χ0) is 14.7. The number of hydrogen-bond acceptors (Lipinski definition) is 3. The fourth-order valence-electron chi connectivity index (χ4n) is 1.52. The van der Waals surface area contributed by atoms with Gasteiger partial charge < -0.3 is 9.47 Å². The molecule has 2 aromatic carbocycles. The van der Waals surface area contributed by atoms with Crippen LogP contribution in [0, 0.1) is 17.1 Å². The lowest BCUT2D eigenvalue weighted by Crippen LogP contribution is -1.92. The summed E-state index contributed by atoms with van der Waals surface area (Å²) in [7, 11) is 1.55. The zero-order valence-corrected chi connectivity index (χ0v) is 13.5. The fourth-order valence-corrected chi connectivity index (χ4v) is 2.40. The van der Waals surface area contributed by atoms with Crippen molar-refractivity contribution in [1.29, 1.82) is 5.26 Å². The normalized spacial score (nSPS) is 9.95. The molecule has 2 aromatic rings. The Hall–Kier alpha value is -1.58. The Labute approximate surface area is 132 Å². The van der Waals surface area contributed by atoms with Gasteiger partial charge in [-0.3, -0.25) is 0 Å². The molecule has 0 aliphatic carbocycles. The first-order chi connectivity index (χ1) is 9.55. The van der Waals surface area contributed by atoms with Gasteiger partial charge in [0, 0.05) is 0 Å². The van der Waals surface area contributed by atoms with Gasteiger partial charge in [0.2, 0.25) is 0 Å². The van der Waals surface area contributed by atoms with Crippen LogP contribution in [0.25, 0.3) is 0 Å². The predicted molar refractivity (Wildman–Crippen MR) is 79.6 cm³/mol. The van der Waals surface area contributed by atoms with Gasteiger partial charge in [0.15, 0.2) is 11.6 Å². The number of benzene rings is 2. The lowest BCUT2D eigenvalue weighted by atomic mass is 10.2. The van der Waals surface area contributed by atoms with Gasteiger partial charge in [-0.1, -0.05) is 0 Å². The molecule has 0 saturated heterocycles. The summed E-state index contributed by atoms with van der Waals surface area (Å²) in [4.78, 5) is 0. The quantitative estimate of drug-likeness (QED) is 0.726. The van der Waals surface area contributed by atoms with E-state index in [-0.39, 0.29) is 11.3 Å². The summed E-state index contributed by atoms with van der Waals surface area (Å²) in [5.41, 5.74) is 0.241. The summed E-state index contributed by atoms with van der Waals surface area (Å²) in [6, 6.07) is 9.27. The van der Waals surface area contributed by atoms with Gasteiger partial charge in [0.25, 0.3) is 0 Å². The fraction of sp³-hybridized carbons (Fsp3) is 0.0714. The maximum absolute atomic E-state index is 13.8. The average Bonchev–Trinajstić information content (AvgIpc) is 2.44. The highest BCUT2D eigenvalue weighted by Gasteiger charge is 2.12. The van der Waals surface area contributed by atoms with Crippen molar-refractivity contribution in [2.45, 2.75) is 0 Å². The smallest absolute Gasteiger partial charge is 0.167 e. The number of ether oxygens (including phenoxy) is 2. The maximum atomic E-state index is 13.8. The topological polar surface area (TPSA) is 42.2 Å². The maximum Gasteiger partial charge on any atom is 0.167 e. The number of methoxy groups -OCH3 is 1. The summed E-state index contributed by atoms with van der Waals surface area (Å²) in [5.74, 6) is 0.510. The second-order valence-electron chi connectivity index (χ2n) is 3.78. The molecule has 0 heterocycles. The minimum Gasteiger partial charge on any atom is -0.496 e. The highest BCUT2D eigenvalue weighted by molar-refractivity contribution is 9.11. The van der Waals surface area contributed by atoms with Crippen LogP contribution in [-0.4, -0.2) is 7.11 Å². The molecule has 0 aliphatic rings. The molecule has 20 heavy (non-hydrogen) atoms. The first kappa shape index (κ1) is 14.8. The minimum absolute atomic E-state index is 0.0433. The Morgan fingerprint density at radius 1 is 1.05 bits per heavy atom. The first-order valence-electron chi connectivity index (χ1n) is 5.45. The van der Waals surface area contributed by atoms with E-state index < -0.39 is 5.82 Å². The van der Waals surface area contributed by atoms with E-state index in [1.54, 1.807) is 19.2 Å². The summed E-state index contributed by atoms with van der Waals surface area (Å²) < 4.78 is 25.7. The van der Waals surface area contributed by atoms with E-state index in [2.05, 4.69) is 31.9 Å². The number of halogens is 3. The first-order valence-corrected chi connectivity index (χ1v) is 7.04.